The topological polar surface area (TPSA) is 36.4 Å². The van der Waals surface area contributed by atoms with Crippen LogP contribution in [-0.2, 0) is 0 Å². The molecule has 0 unspecified atom stereocenters. The molecule has 4 nitrogen and oxygen atoms in total. The molecule has 1 heterocycles. The van der Waals surface area contributed by atoms with Crippen molar-refractivity contribution >= 4 is 50.8 Å². The van der Waals surface area contributed by atoms with Gasteiger partial charge in [0.05, 0.1) is 15.1 Å². The lowest BCUT2D eigenvalue weighted by Crippen LogP contribution is -2.40. The first-order valence-electron chi connectivity index (χ1n) is 6.91. The van der Waals surface area contributed by atoms with E-state index in [1.807, 2.05) is 6.07 Å². The van der Waals surface area contributed by atoms with Crippen molar-refractivity contribution in [2.45, 2.75) is 0 Å². The Labute approximate surface area is 146 Å². The van der Waals surface area contributed by atoms with Crippen LogP contribution in [0, 0.1) is 11.6 Å². The zero-order chi connectivity index (χ0) is 17.4. The summed E-state index contributed by atoms with van der Waals surface area (Å²) >= 11 is 7.39. The van der Waals surface area contributed by atoms with E-state index in [9.17, 15) is 13.6 Å². The number of amides is 2. The molecule has 0 aliphatic rings. The molecule has 0 bridgehead atoms. The lowest BCUT2D eigenvalue weighted by molar-refractivity contribution is 0.253. The number of carbonyl (C=O) groups is 1. The van der Waals surface area contributed by atoms with Crippen molar-refractivity contribution in [2.75, 3.05) is 23.9 Å². The van der Waals surface area contributed by atoms with Gasteiger partial charge in [0.1, 0.15) is 17.3 Å². The molecule has 124 valence electrons. The highest BCUT2D eigenvalue weighted by atomic mass is 35.5. The Balaban J connectivity index is 2.00. The number of nitrogens with zero attached hydrogens (tertiary/aromatic N) is 3. The fourth-order valence-electron chi connectivity index (χ4n) is 2.39. The molecule has 0 saturated carbocycles. The van der Waals surface area contributed by atoms with Crippen molar-refractivity contribution in [1.82, 2.24) is 4.37 Å². The average Bonchev–Trinajstić information content (AvgIpc) is 2.98. The van der Waals surface area contributed by atoms with Gasteiger partial charge in [-0.3, -0.25) is 9.80 Å². The fraction of sp³-hybridized carbons (Fsp3) is 0.125. The van der Waals surface area contributed by atoms with E-state index in [1.54, 1.807) is 12.1 Å². The van der Waals surface area contributed by atoms with Crippen LogP contribution < -0.4 is 9.80 Å². The van der Waals surface area contributed by atoms with Gasteiger partial charge in [-0.25, -0.2) is 13.6 Å². The summed E-state index contributed by atoms with van der Waals surface area (Å²) < 4.78 is 32.9. The van der Waals surface area contributed by atoms with Crippen LogP contribution in [0.5, 0.6) is 0 Å². The van der Waals surface area contributed by atoms with Crippen LogP contribution in [0.3, 0.4) is 0 Å². The number of benzene rings is 2. The van der Waals surface area contributed by atoms with E-state index in [4.69, 9.17) is 11.6 Å². The quantitative estimate of drug-likeness (QED) is 0.644. The van der Waals surface area contributed by atoms with Crippen LogP contribution in [0.2, 0.25) is 5.02 Å². The molecule has 0 spiro atoms. The van der Waals surface area contributed by atoms with Gasteiger partial charge in [-0.05, 0) is 35.8 Å². The maximum atomic E-state index is 13.9. The number of hydrogen-bond acceptors (Lipinski definition) is 3. The second-order valence-electron chi connectivity index (χ2n) is 5.09. The molecule has 24 heavy (non-hydrogen) atoms. The van der Waals surface area contributed by atoms with E-state index in [0.29, 0.717) is 16.2 Å². The highest BCUT2D eigenvalue weighted by Gasteiger charge is 2.25. The molecule has 2 aromatic carbocycles. The van der Waals surface area contributed by atoms with Crippen LogP contribution >= 0.6 is 23.1 Å². The van der Waals surface area contributed by atoms with Gasteiger partial charge in [0, 0.05) is 14.1 Å². The largest absolute Gasteiger partial charge is 0.329 e. The molecule has 3 rings (SSSR count). The Bertz CT molecular complexity index is 911. The number of carbonyl (C=O) groups excluding carboxylic acids is 1. The lowest BCUT2D eigenvalue weighted by Gasteiger charge is -2.24. The molecule has 3 aromatic rings. The van der Waals surface area contributed by atoms with E-state index in [0.717, 1.165) is 21.7 Å². The number of aromatic nitrogens is 1. The third-order valence-corrected chi connectivity index (χ3v) is 4.71. The molecule has 0 radical (unpaired) electrons. The normalized spacial score (nSPS) is 10.9. The van der Waals surface area contributed by atoms with Gasteiger partial charge in [0.25, 0.3) is 0 Å². The van der Waals surface area contributed by atoms with Crippen molar-refractivity contribution in [1.29, 1.82) is 0 Å². The van der Waals surface area contributed by atoms with Crippen molar-refractivity contribution in [3.05, 3.63) is 53.1 Å². The van der Waals surface area contributed by atoms with Gasteiger partial charge in [-0.15, -0.1) is 0 Å². The van der Waals surface area contributed by atoms with Gasteiger partial charge in [0.15, 0.2) is 5.82 Å². The zero-order valence-electron chi connectivity index (χ0n) is 12.8. The first-order valence-corrected chi connectivity index (χ1v) is 8.06. The van der Waals surface area contributed by atoms with Gasteiger partial charge in [0.2, 0.25) is 0 Å². The van der Waals surface area contributed by atoms with E-state index in [2.05, 4.69) is 4.37 Å². The van der Waals surface area contributed by atoms with Crippen molar-refractivity contribution in [3.8, 4) is 0 Å². The van der Waals surface area contributed by atoms with Crippen molar-refractivity contribution in [2.24, 2.45) is 0 Å². The van der Waals surface area contributed by atoms with Gasteiger partial charge >= 0.3 is 6.03 Å². The van der Waals surface area contributed by atoms with Crippen molar-refractivity contribution < 1.29 is 13.6 Å². The Morgan fingerprint density at radius 3 is 2.38 bits per heavy atom. The molecule has 0 saturated heterocycles. The molecule has 2 amide bonds. The monoisotopic (exact) mass is 367 g/mol. The number of hydrogen-bond donors (Lipinski definition) is 0. The minimum atomic E-state index is -0.819. The Morgan fingerprint density at radius 1 is 1.08 bits per heavy atom. The van der Waals surface area contributed by atoms with E-state index >= 15 is 0 Å². The summed E-state index contributed by atoms with van der Waals surface area (Å²) in [7, 11) is 2.78. The minimum Gasteiger partial charge on any atom is -0.292 e. The van der Waals surface area contributed by atoms with Gasteiger partial charge in [-0.2, -0.15) is 4.37 Å². The maximum Gasteiger partial charge on any atom is 0.329 e. The molecule has 0 aliphatic carbocycles. The zero-order valence-corrected chi connectivity index (χ0v) is 14.3. The number of anilines is 2. The highest BCUT2D eigenvalue weighted by molar-refractivity contribution is 7.13. The number of urea groups is 1. The third kappa shape index (κ3) is 2.70. The smallest absolute Gasteiger partial charge is 0.292 e. The third-order valence-electron chi connectivity index (χ3n) is 3.59. The van der Waals surface area contributed by atoms with Gasteiger partial charge in [-0.1, -0.05) is 23.7 Å². The van der Waals surface area contributed by atoms with Crippen LogP contribution in [0.25, 0.3) is 10.1 Å². The summed E-state index contributed by atoms with van der Waals surface area (Å²) in [5.74, 6) is -1.30. The van der Waals surface area contributed by atoms with Gasteiger partial charge < -0.3 is 0 Å². The van der Waals surface area contributed by atoms with E-state index in [-0.39, 0.29) is 0 Å². The van der Waals surface area contributed by atoms with Crippen LogP contribution in [0.15, 0.2) is 36.4 Å². The minimum absolute atomic E-state index is 0.342. The molecular formula is C16H12ClF2N3OS. The summed E-state index contributed by atoms with van der Waals surface area (Å²) in [6.45, 7) is 0. The fourth-order valence-corrected chi connectivity index (χ4v) is 3.53. The predicted octanol–water partition coefficient (Wildman–Crippen LogP) is 4.92. The summed E-state index contributed by atoms with van der Waals surface area (Å²) in [6, 6.07) is 8.11. The summed E-state index contributed by atoms with van der Waals surface area (Å²) in [5.41, 5.74) is -0.417. The second kappa shape index (κ2) is 6.33. The van der Waals surface area contributed by atoms with Crippen molar-refractivity contribution in [3.63, 3.8) is 0 Å². The summed E-state index contributed by atoms with van der Waals surface area (Å²) in [4.78, 5) is 14.8. The Morgan fingerprint density at radius 2 is 1.71 bits per heavy atom. The number of rotatable bonds is 2. The standard InChI is InChI=1S/C16H12ClF2N3OS/c1-21(14-10(18)6-4-7-11(14)19)16(23)22(2)15-13-9(17)5-3-8-12(13)24-20-15/h3-8H,1-2H3. The van der Waals surface area contributed by atoms with Crippen LogP contribution in [0.1, 0.15) is 0 Å². The van der Waals surface area contributed by atoms with E-state index < -0.39 is 23.4 Å². The second-order valence-corrected chi connectivity index (χ2v) is 6.30. The molecule has 8 heteroatoms. The Kier molecular flexibility index (Phi) is 4.38. The lowest BCUT2D eigenvalue weighted by atomic mass is 10.2. The SMILES string of the molecule is CN(C(=O)N(C)c1nsc2cccc(Cl)c12)c1c(F)cccc1F. The molecule has 0 atom stereocenters. The maximum absolute atomic E-state index is 13.9. The summed E-state index contributed by atoms with van der Waals surface area (Å²) in [5, 5.41) is 1.08. The Hall–Kier alpha value is -2.25. The molecule has 0 fully saturated rings. The number of para-hydroxylation sites is 1. The van der Waals surface area contributed by atoms with Crippen LogP contribution in [-0.4, -0.2) is 24.5 Å². The molecule has 0 N–H and O–H groups in total. The summed E-state index contributed by atoms with van der Waals surface area (Å²) in [6.07, 6.45) is 0. The molecular weight excluding hydrogens is 356 g/mol. The first-order chi connectivity index (χ1) is 11.4. The van der Waals surface area contributed by atoms with E-state index in [1.165, 1.54) is 36.6 Å². The molecule has 1 aromatic heterocycles. The van der Waals surface area contributed by atoms with Crippen LogP contribution in [0.4, 0.5) is 25.1 Å². The number of halogens is 3. The average molecular weight is 368 g/mol. The number of fused-ring (bicyclic) bond motifs is 1. The predicted molar refractivity (Wildman–Crippen MR) is 93.2 cm³/mol. The highest BCUT2D eigenvalue weighted by Crippen LogP contribution is 2.35. The molecule has 0 aliphatic heterocycles. The first kappa shape index (κ1) is 16.6.